The first-order chi connectivity index (χ1) is 12.3. The molecule has 3 nitrogen and oxygen atoms in total. The van der Waals surface area contributed by atoms with Gasteiger partial charge in [-0.05, 0) is 47.9 Å². The average Bonchev–Trinajstić information content (AvgIpc) is 3.06. The van der Waals surface area contributed by atoms with E-state index in [9.17, 15) is 13.2 Å². The molecule has 0 saturated heterocycles. The molecule has 0 fully saturated rings. The number of halogens is 3. The molecule has 0 saturated carbocycles. The van der Waals surface area contributed by atoms with Gasteiger partial charge in [-0.3, -0.25) is 5.41 Å². The first-order valence-corrected chi connectivity index (χ1v) is 9.82. The van der Waals surface area contributed by atoms with Crippen molar-refractivity contribution >= 4 is 22.6 Å². The van der Waals surface area contributed by atoms with Crippen molar-refractivity contribution in [2.75, 3.05) is 6.54 Å². The predicted molar refractivity (Wildman–Crippen MR) is 103 cm³/mol. The zero-order valence-electron chi connectivity index (χ0n) is 15.0. The van der Waals surface area contributed by atoms with Gasteiger partial charge in [0.05, 0.1) is 6.04 Å². The number of hydrogen-bond donors (Lipinski definition) is 3. The van der Waals surface area contributed by atoms with Crippen LogP contribution in [-0.2, 0) is 6.42 Å². The van der Waals surface area contributed by atoms with Crippen molar-refractivity contribution in [1.82, 2.24) is 5.32 Å². The zero-order valence-corrected chi connectivity index (χ0v) is 15.8. The average molecular weight is 385 g/mol. The normalized spacial score (nSPS) is 18.7. The fourth-order valence-corrected chi connectivity index (χ4v) is 4.03. The second kappa shape index (κ2) is 9.37. The Hall–Kier alpha value is -1.60. The van der Waals surface area contributed by atoms with E-state index in [1.54, 1.807) is 11.3 Å². The third-order valence-electron chi connectivity index (χ3n) is 4.49. The highest BCUT2D eigenvalue weighted by Gasteiger charge is 2.33. The van der Waals surface area contributed by atoms with Crippen LogP contribution in [0.1, 0.15) is 49.5 Å². The molecule has 0 aromatic carbocycles. The minimum Gasteiger partial charge on any atom is -0.401 e. The summed E-state index contributed by atoms with van der Waals surface area (Å²) in [6, 6.07) is 1.76. The second-order valence-corrected chi connectivity index (χ2v) is 7.45. The molecule has 0 spiro atoms. The van der Waals surface area contributed by atoms with Gasteiger partial charge in [0.25, 0.3) is 0 Å². The van der Waals surface area contributed by atoms with Crippen LogP contribution in [0.5, 0.6) is 0 Å². The van der Waals surface area contributed by atoms with E-state index in [2.05, 4.69) is 29.8 Å². The van der Waals surface area contributed by atoms with Gasteiger partial charge in [-0.1, -0.05) is 32.3 Å². The molecule has 1 aliphatic heterocycles. The molecule has 2 rings (SSSR count). The van der Waals surface area contributed by atoms with E-state index in [-0.39, 0.29) is 11.7 Å². The monoisotopic (exact) mass is 385 g/mol. The van der Waals surface area contributed by atoms with Crippen molar-refractivity contribution in [2.45, 2.75) is 57.7 Å². The van der Waals surface area contributed by atoms with Gasteiger partial charge in [-0.25, -0.2) is 0 Å². The fourth-order valence-electron chi connectivity index (χ4n) is 3.03. The predicted octanol–water partition coefficient (Wildman–Crippen LogP) is 5.04. The number of unbranched alkanes of at least 4 members (excludes halogenated alkanes) is 3. The Morgan fingerprint density at radius 2 is 2.15 bits per heavy atom. The largest absolute Gasteiger partial charge is 0.432 e. The maximum Gasteiger partial charge on any atom is 0.432 e. The summed E-state index contributed by atoms with van der Waals surface area (Å²) in [5.74, 6) is 0. The summed E-state index contributed by atoms with van der Waals surface area (Å²) in [4.78, 5) is 1.21. The SMILES string of the molecule is CCCCCCc1ccsc1C1=CCNC(/C(N)=C/C(=N)C(F)(F)F)C1. The van der Waals surface area contributed by atoms with Gasteiger partial charge in [0, 0.05) is 17.1 Å². The van der Waals surface area contributed by atoms with Crippen molar-refractivity contribution in [3.05, 3.63) is 39.7 Å². The smallest absolute Gasteiger partial charge is 0.401 e. The molecule has 144 valence electrons. The number of thiophene rings is 1. The maximum atomic E-state index is 12.5. The molecule has 2 heterocycles. The van der Waals surface area contributed by atoms with Gasteiger partial charge in [-0.2, -0.15) is 13.2 Å². The summed E-state index contributed by atoms with van der Waals surface area (Å²) in [5, 5.41) is 12.3. The Kier molecular flexibility index (Phi) is 7.46. The third-order valence-corrected chi connectivity index (χ3v) is 5.53. The Morgan fingerprint density at radius 1 is 1.38 bits per heavy atom. The topological polar surface area (TPSA) is 61.9 Å². The lowest BCUT2D eigenvalue weighted by Gasteiger charge is -2.25. The maximum absolute atomic E-state index is 12.5. The summed E-state index contributed by atoms with van der Waals surface area (Å²) in [7, 11) is 0. The highest BCUT2D eigenvalue weighted by atomic mass is 32.1. The third kappa shape index (κ3) is 5.71. The lowest BCUT2D eigenvalue weighted by Crippen LogP contribution is -2.38. The Balaban J connectivity index is 2.05. The van der Waals surface area contributed by atoms with Crippen molar-refractivity contribution in [3.63, 3.8) is 0 Å². The number of hydrogen-bond acceptors (Lipinski definition) is 4. The Labute approximate surface area is 156 Å². The zero-order chi connectivity index (χ0) is 19.2. The van der Waals surface area contributed by atoms with Crippen LogP contribution in [-0.4, -0.2) is 24.5 Å². The summed E-state index contributed by atoms with van der Waals surface area (Å²) in [6.45, 7) is 2.74. The van der Waals surface area contributed by atoms with Gasteiger partial charge in [0.2, 0.25) is 0 Å². The lowest BCUT2D eigenvalue weighted by atomic mass is 9.95. The fraction of sp³-hybridized carbons (Fsp3) is 0.526. The molecule has 0 bridgehead atoms. The highest BCUT2D eigenvalue weighted by molar-refractivity contribution is 7.11. The molecule has 1 aliphatic rings. The standard InChI is InChI=1S/C19H26F3N3S/c1-2-3-4-5-6-13-8-10-26-18(13)14-7-9-25-16(11-14)15(23)12-17(24)19(20,21)22/h7-8,10,12,16,24-25H,2-6,9,11,23H2,1H3/b15-12-,24-17?. The summed E-state index contributed by atoms with van der Waals surface area (Å²) >= 11 is 1.67. The summed E-state index contributed by atoms with van der Waals surface area (Å²) in [6.07, 6.45) is 4.50. The Morgan fingerprint density at radius 3 is 2.85 bits per heavy atom. The van der Waals surface area contributed by atoms with Gasteiger partial charge in [-0.15, -0.1) is 11.3 Å². The number of nitrogens with one attached hydrogen (secondary N) is 2. The van der Waals surface area contributed by atoms with Gasteiger partial charge in [0.15, 0.2) is 0 Å². The second-order valence-electron chi connectivity index (χ2n) is 6.54. The molecule has 0 aliphatic carbocycles. The molecule has 0 amide bonds. The number of allylic oxidation sites excluding steroid dienone is 1. The summed E-state index contributed by atoms with van der Waals surface area (Å²) < 4.78 is 37.6. The van der Waals surface area contributed by atoms with Crippen LogP contribution in [0.25, 0.3) is 5.57 Å². The molecule has 7 heteroatoms. The van der Waals surface area contributed by atoms with Crippen molar-refractivity contribution in [1.29, 1.82) is 5.41 Å². The van der Waals surface area contributed by atoms with Crippen LogP contribution in [0.4, 0.5) is 13.2 Å². The van der Waals surface area contributed by atoms with Crippen molar-refractivity contribution < 1.29 is 13.2 Å². The van der Waals surface area contributed by atoms with Crippen LogP contribution in [0.15, 0.2) is 29.3 Å². The lowest BCUT2D eigenvalue weighted by molar-refractivity contribution is -0.0584. The molecule has 1 atom stereocenters. The number of rotatable bonds is 8. The quantitative estimate of drug-likeness (QED) is 0.434. The minimum atomic E-state index is -4.67. The van der Waals surface area contributed by atoms with Crippen LogP contribution in [0.2, 0.25) is 0 Å². The van der Waals surface area contributed by atoms with Crippen molar-refractivity contribution in [2.24, 2.45) is 5.73 Å². The highest BCUT2D eigenvalue weighted by Crippen LogP contribution is 2.32. The molecule has 4 N–H and O–H groups in total. The molecule has 1 aromatic heterocycles. The first-order valence-electron chi connectivity index (χ1n) is 8.95. The van der Waals surface area contributed by atoms with E-state index in [0.29, 0.717) is 13.0 Å². The van der Waals surface area contributed by atoms with Gasteiger partial charge < -0.3 is 11.1 Å². The Bertz CT molecular complexity index is 674. The minimum absolute atomic E-state index is 0.0546. The van der Waals surface area contributed by atoms with Gasteiger partial charge in [0.1, 0.15) is 5.71 Å². The number of aryl methyl sites for hydroxylation is 1. The van der Waals surface area contributed by atoms with E-state index in [1.165, 1.54) is 29.7 Å². The molecule has 0 radical (unpaired) electrons. The van der Waals surface area contributed by atoms with Crippen LogP contribution >= 0.6 is 11.3 Å². The van der Waals surface area contributed by atoms with E-state index < -0.39 is 11.9 Å². The van der Waals surface area contributed by atoms with E-state index in [1.807, 2.05) is 0 Å². The first kappa shape index (κ1) is 20.7. The van der Waals surface area contributed by atoms with Crippen LogP contribution in [0, 0.1) is 5.41 Å². The molecule has 26 heavy (non-hydrogen) atoms. The summed E-state index contributed by atoms with van der Waals surface area (Å²) in [5.41, 5.74) is 6.92. The molecular formula is C19H26F3N3S. The van der Waals surface area contributed by atoms with Crippen LogP contribution < -0.4 is 11.1 Å². The van der Waals surface area contributed by atoms with E-state index >= 15 is 0 Å². The molecular weight excluding hydrogens is 359 g/mol. The number of nitrogens with two attached hydrogens (primary N) is 1. The molecule has 1 unspecified atom stereocenters. The van der Waals surface area contributed by atoms with E-state index in [4.69, 9.17) is 11.1 Å². The molecule has 1 aromatic rings. The van der Waals surface area contributed by atoms with Gasteiger partial charge >= 0.3 is 6.18 Å². The van der Waals surface area contributed by atoms with Crippen molar-refractivity contribution in [3.8, 4) is 0 Å². The number of alkyl halides is 3. The van der Waals surface area contributed by atoms with E-state index in [0.717, 1.165) is 24.5 Å². The van der Waals surface area contributed by atoms with Crippen LogP contribution in [0.3, 0.4) is 0 Å².